The third kappa shape index (κ3) is 2.45. The fourth-order valence-corrected chi connectivity index (χ4v) is 2.36. The van der Waals surface area contributed by atoms with Crippen molar-refractivity contribution in [2.24, 2.45) is 0 Å². The summed E-state index contributed by atoms with van der Waals surface area (Å²) in [5.41, 5.74) is 0.822. The van der Waals surface area contributed by atoms with Crippen molar-refractivity contribution in [1.29, 1.82) is 0 Å². The Balaban J connectivity index is 1.99. The Bertz CT molecular complexity index is 758. The highest BCUT2D eigenvalue weighted by Gasteiger charge is 2.10. The lowest BCUT2D eigenvalue weighted by Gasteiger charge is -2.10. The summed E-state index contributed by atoms with van der Waals surface area (Å²) in [6.07, 6.45) is 2.14. The van der Waals surface area contributed by atoms with Crippen LogP contribution in [0.4, 0.5) is 0 Å². The van der Waals surface area contributed by atoms with Gasteiger partial charge in [0, 0.05) is 0 Å². The zero-order valence-corrected chi connectivity index (χ0v) is 11.8. The maximum absolute atomic E-state index is 6.06. The lowest BCUT2D eigenvalue weighted by Crippen LogP contribution is -1.96. The average Bonchev–Trinajstić information content (AvgIpc) is 2.47. The summed E-state index contributed by atoms with van der Waals surface area (Å²) in [6.45, 7) is 2.00. The second-order valence-electron chi connectivity index (χ2n) is 4.41. The molecule has 0 fully saturated rings. The van der Waals surface area contributed by atoms with E-state index in [1.807, 2.05) is 37.3 Å². The first-order valence-electron chi connectivity index (χ1n) is 6.44. The van der Waals surface area contributed by atoms with Crippen LogP contribution in [0, 0.1) is 0 Å². The second-order valence-corrected chi connectivity index (χ2v) is 4.77. The van der Waals surface area contributed by atoms with Crippen LogP contribution in [0.5, 0.6) is 11.6 Å². The van der Waals surface area contributed by atoms with Crippen LogP contribution in [0.1, 0.15) is 12.5 Å². The molecule has 0 radical (unpaired) electrons. The molecule has 1 heterocycles. The fourth-order valence-electron chi connectivity index (χ4n) is 2.10. The van der Waals surface area contributed by atoms with E-state index in [1.54, 1.807) is 0 Å². The minimum absolute atomic E-state index is 0.443. The second kappa shape index (κ2) is 5.47. The number of hydrogen-bond donors (Lipinski definition) is 0. The molecule has 0 saturated carbocycles. The van der Waals surface area contributed by atoms with Crippen LogP contribution in [0.2, 0.25) is 5.15 Å². The lowest BCUT2D eigenvalue weighted by atomic mass is 10.1. The minimum atomic E-state index is 0.443. The largest absolute Gasteiger partial charge is 0.439 e. The van der Waals surface area contributed by atoms with Gasteiger partial charge in [-0.15, -0.1) is 0 Å². The molecular weight excluding hydrogens is 272 g/mol. The maximum Gasteiger partial charge on any atom is 0.226 e. The van der Waals surface area contributed by atoms with Crippen molar-refractivity contribution < 1.29 is 4.74 Å². The predicted molar refractivity (Wildman–Crippen MR) is 80.4 cm³/mol. The summed E-state index contributed by atoms with van der Waals surface area (Å²) in [7, 11) is 0. The number of aromatic nitrogens is 2. The number of halogens is 1. The van der Waals surface area contributed by atoms with Gasteiger partial charge in [0.1, 0.15) is 17.2 Å². The molecule has 0 bridgehead atoms. The Hall–Kier alpha value is -2.13. The number of nitrogens with zero attached hydrogens (tertiary/aromatic N) is 2. The molecule has 0 amide bonds. The molecule has 3 aromatic rings. The molecule has 2 aromatic carbocycles. The lowest BCUT2D eigenvalue weighted by molar-refractivity contribution is 0.456. The van der Waals surface area contributed by atoms with E-state index in [0.29, 0.717) is 11.0 Å². The molecular formula is C16H13ClN2O. The topological polar surface area (TPSA) is 35.0 Å². The predicted octanol–water partition coefficient (Wildman–Crippen LogP) is 4.64. The Morgan fingerprint density at radius 1 is 1.05 bits per heavy atom. The molecule has 3 rings (SSSR count). The molecule has 100 valence electrons. The Kier molecular flexibility index (Phi) is 3.52. The van der Waals surface area contributed by atoms with Crippen LogP contribution in [0.15, 0.2) is 48.8 Å². The van der Waals surface area contributed by atoms with Crippen molar-refractivity contribution in [3.63, 3.8) is 0 Å². The first-order valence-corrected chi connectivity index (χ1v) is 6.81. The average molecular weight is 285 g/mol. The molecule has 0 unspecified atom stereocenters. The van der Waals surface area contributed by atoms with Crippen molar-refractivity contribution in [3.05, 3.63) is 59.5 Å². The van der Waals surface area contributed by atoms with Crippen LogP contribution in [0.3, 0.4) is 0 Å². The van der Waals surface area contributed by atoms with Crippen molar-refractivity contribution >= 4 is 22.4 Å². The number of ether oxygens (including phenoxy) is 1. The molecule has 0 aliphatic rings. The molecule has 3 nitrogen and oxygen atoms in total. The van der Waals surface area contributed by atoms with Crippen molar-refractivity contribution in [3.8, 4) is 11.6 Å². The zero-order chi connectivity index (χ0) is 13.9. The molecule has 0 aliphatic carbocycles. The van der Waals surface area contributed by atoms with E-state index in [2.05, 4.69) is 22.1 Å². The van der Waals surface area contributed by atoms with E-state index in [1.165, 1.54) is 11.7 Å². The van der Waals surface area contributed by atoms with Crippen molar-refractivity contribution in [1.82, 2.24) is 9.97 Å². The van der Waals surface area contributed by atoms with E-state index in [0.717, 1.165) is 23.1 Å². The van der Waals surface area contributed by atoms with Gasteiger partial charge in [0.15, 0.2) is 0 Å². The molecule has 4 heteroatoms. The Morgan fingerprint density at radius 2 is 1.85 bits per heavy atom. The summed E-state index contributed by atoms with van der Waals surface area (Å²) >= 11 is 6.06. The first-order chi connectivity index (χ1) is 9.78. The smallest absolute Gasteiger partial charge is 0.226 e. The van der Waals surface area contributed by atoms with Gasteiger partial charge >= 0.3 is 0 Å². The third-order valence-corrected chi connectivity index (χ3v) is 3.47. The quantitative estimate of drug-likeness (QED) is 0.657. The summed E-state index contributed by atoms with van der Waals surface area (Å²) in [5.74, 6) is 1.26. The zero-order valence-electron chi connectivity index (χ0n) is 11.0. The van der Waals surface area contributed by atoms with Gasteiger partial charge < -0.3 is 4.74 Å². The van der Waals surface area contributed by atoms with Crippen LogP contribution < -0.4 is 4.74 Å². The summed E-state index contributed by atoms with van der Waals surface area (Å²) < 4.78 is 5.85. The van der Waals surface area contributed by atoms with Gasteiger partial charge in [-0.2, -0.15) is 0 Å². The van der Waals surface area contributed by atoms with Crippen LogP contribution in [-0.2, 0) is 6.42 Å². The van der Waals surface area contributed by atoms with E-state index in [-0.39, 0.29) is 0 Å². The normalized spacial score (nSPS) is 10.7. The minimum Gasteiger partial charge on any atom is -0.439 e. The number of rotatable bonds is 3. The highest BCUT2D eigenvalue weighted by Crippen LogP contribution is 2.29. The van der Waals surface area contributed by atoms with Crippen molar-refractivity contribution in [2.45, 2.75) is 13.3 Å². The van der Waals surface area contributed by atoms with Gasteiger partial charge in [0.25, 0.3) is 0 Å². The standard InChI is InChI=1S/C16H13ClN2O/c1-2-14-15(17)18-10-19-16(14)20-13-8-7-11-5-3-4-6-12(11)9-13/h3-10H,2H2,1H3. The van der Waals surface area contributed by atoms with Gasteiger partial charge in [0.05, 0.1) is 5.56 Å². The molecule has 0 N–H and O–H groups in total. The maximum atomic E-state index is 6.06. The molecule has 1 aromatic heterocycles. The summed E-state index contributed by atoms with van der Waals surface area (Å²) in [6, 6.07) is 14.1. The van der Waals surface area contributed by atoms with Crippen LogP contribution in [0.25, 0.3) is 10.8 Å². The van der Waals surface area contributed by atoms with Gasteiger partial charge in [-0.05, 0) is 29.3 Å². The fraction of sp³-hybridized carbons (Fsp3) is 0.125. The summed E-state index contributed by atoms with van der Waals surface area (Å²) in [4.78, 5) is 8.14. The molecule has 0 aliphatic heterocycles. The number of hydrogen-bond acceptors (Lipinski definition) is 3. The number of fused-ring (bicyclic) bond motifs is 1. The van der Waals surface area contributed by atoms with E-state index >= 15 is 0 Å². The monoisotopic (exact) mass is 284 g/mol. The highest BCUT2D eigenvalue weighted by molar-refractivity contribution is 6.30. The number of benzene rings is 2. The van der Waals surface area contributed by atoms with Gasteiger partial charge in [-0.25, -0.2) is 9.97 Å². The van der Waals surface area contributed by atoms with Crippen LogP contribution >= 0.6 is 11.6 Å². The third-order valence-electron chi connectivity index (χ3n) is 3.14. The SMILES string of the molecule is CCc1c(Cl)ncnc1Oc1ccc2ccccc2c1. The first kappa shape index (κ1) is 12.9. The molecule has 20 heavy (non-hydrogen) atoms. The molecule has 0 saturated heterocycles. The van der Waals surface area contributed by atoms with E-state index in [9.17, 15) is 0 Å². The van der Waals surface area contributed by atoms with Crippen LogP contribution in [-0.4, -0.2) is 9.97 Å². The van der Waals surface area contributed by atoms with Crippen molar-refractivity contribution in [2.75, 3.05) is 0 Å². The van der Waals surface area contributed by atoms with E-state index in [4.69, 9.17) is 16.3 Å². The van der Waals surface area contributed by atoms with Gasteiger partial charge in [0.2, 0.25) is 5.88 Å². The summed E-state index contributed by atoms with van der Waals surface area (Å²) in [5, 5.41) is 2.75. The molecule has 0 spiro atoms. The highest BCUT2D eigenvalue weighted by atomic mass is 35.5. The Labute approximate surface area is 122 Å². The Morgan fingerprint density at radius 3 is 2.65 bits per heavy atom. The van der Waals surface area contributed by atoms with E-state index < -0.39 is 0 Å². The van der Waals surface area contributed by atoms with Gasteiger partial charge in [-0.3, -0.25) is 0 Å². The molecule has 0 atom stereocenters. The van der Waals surface area contributed by atoms with Gasteiger partial charge in [-0.1, -0.05) is 48.9 Å².